The standard InChI is InChI=1S/C15H21F2N/c1-3-9-18-14(15(2)7-8-15)10-11-12(16)5-4-6-13(11)17/h4-6,14,18H,3,7-10H2,1-2H3. The van der Waals surface area contributed by atoms with E-state index in [1.807, 2.05) is 0 Å². The summed E-state index contributed by atoms with van der Waals surface area (Å²) in [5, 5.41) is 3.44. The Kier molecular flexibility index (Phi) is 4.00. The second kappa shape index (κ2) is 5.35. The van der Waals surface area contributed by atoms with Crippen molar-refractivity contribution in [2.45, 2.75) is 45.6 Å². The van der Waals surface area contributed by atoms with Gasteiger partial charge in [-0.05, 0) is 49.8 Å². The lowest BCUT2D eigenvalue weighted by Crippen LogP contribution is -2.39. The van der Waals surface area contributed by atoms with Gasteiger partial charge in [0.05, 0.1) is 0 Å². The van der Waals surface area contributed by atoms with E-state index in [4.69, 9.17) is 0 Å². The van der Waals surface area contributed by atoms with Crippen molar-refractivity contribution in [3.8, 4) is 0 Å². The third-order valence-electron chi connectivity index (χ3n) is 3.99. The van der Waals surface area contributed by atoms with Crippen LogP contribution in [0.1, 0.15) is 38.7 Å². The fraction of sp³-hybridized carbons (Fsp3) is 0.600. The summed E-state index contributed by atoms with van der Waals surface area (Å²) in [5.41, 5.74) is 0.434. The highest BCUT2D eigenvalue weighted by molar-refractivity contribution is 5.22. The summed E-state index contributed by atoms with van der Waals surface area (Å²) in [6.45, 7) is 5.19. The molecule has 1 aromatic rings. The highest BCUT2D eigenvalue weighted by atomic mass is 19.1. The molecule has 100 valence electrons. The largest absolute Gasteiger partial charge is 0.313 e. The normalized spacial score (nSPS) is 18.7. The molecule has 1 nitrogen and oxygen atoms in total. The van der Waals surface area contributed by atoms with Gasteiger partial charge >= 0.3 is 0 Å². The Hall–Kier alpha value is -0.960. The minimum absolute atomic E-state index is 0.170. The van der Waals surface area contributed by atoms with Crippen LogP contribution in [0, 0.1) is 17.0 Å². The third kappa shape index (κ3) is 2.89. The maximum atomic E-state index is 13.7. The molecule has 18 heavy (non-hydrogen) atoms. The van der Waals surface area contributed by atoms with Gasteiger partial charge in [0.1, 0.15) is 11.6 Å². The number of halogens is 2. The summed E-state index contributed by atoms with van der Waals surface area (Å²) in [7, 11) is 0. The van der Waals surface area contributed by atoms with E-state index in [-0.39, 0.29) is 17.0 Å². The van der Waals surface area contributed by atoms with Gasteiger partial charge in [0.15, 0.2) is 0 Å². The smallest absolute Gasteiger partial charge is 0.129 e. The van der Waals surface area contributed by atoms with Gasteiger partial charge in [-0.25, -0.2) is 8.78 Å². The van der Waals surface area contributed by atoms with Crippen LogP contribution in [0.2, 0.25) is 0 Å². The Bertz CT molecular complexity index is 393. The Labute approximate surface area is 108 Å². The summed E-state index contributed by atoms with van der Waals surface area (Å²) in [6.07, 6.45) is 3.76. The molecule has 1 aromatic carbocycles. The van der Waals surface area contributed by atoms with E-state index in [1.54, 1.807) is 0 Å². The summed E-state index contributed by atoms with van der Waals surface area (Å²) >= 11 is 0. The van der Waals surface area contributed by atoms with Gasteiger partial charge in [-0.1, -0.05) is 19.9 Å². The van der Waals surface area contributed by atoms with E-state index in [0.29, 0.717) is 6.42 Å². The van der Waals surface area contributed by atoms with Crippen LogP contribution in [-0.4, -0.2) is 12.6 Å². The zero-order valence-electron chi connectivity index (χ0n) is 11.1. The summed E-state index contributed by atoms with van der Waals surface area (Å²) in [6, 6.07) is 4.26. The first-order valence-corrected chi connectivity index (χ1v) is 6.73. The van der Waals surface area contributed by atoms with Crippen LogP contribution in [0.15, 0.2) is 18.2 Å². The number of nitrogens with one attached hydrogen (secondary N) is 1. The molecule has 2 rings (SSSR count). The maximum Gasteiger partial charge on any atom is 0.129 e. The molecule has 0 aliphatic heterocycles. The van der Waals surface area contributed by atoms with Crippen molar-refractivity contribution in [1.29, 1.82) is 0 Å². The van der Waals surface area contributed by atoms with Crippen LogP contribution in [-0.2, 0) is 6.42 Å². The van der Waals surface area contributed by atoms with E-state index in [1.165, 1.54) is 18.2 Å². The van der Waals surface area contributed by atoms with Crippen molar-refractivity contribution in [3.63, 3.8) is 0 Å². The van der Waals surface area contributed by atoms with Crippen molar-refractivity contribution >= 4 is 0 Å². The molecule has 1 fully saturated rings. The Morgan fingerprint density at radius 2 is 1.89 bits per heavy atom. The molecule has 0 aromatic heterocycles. The molecule has 1 aliphatic rings. The molecular formula is C15H21F2N. The third-order valence-corrected chi connectivity index (χ3v) is 3.99. The Balaban J connectivity index is 2.13. The zero-order valence-corrected chi connectivity index (χ0v) is 11.1. The second-order valence-corrected chi connectivity index (χ2v) is 5.57. The van der Waals surface area contributed by atoms with E-state index in [0.717, 1.165) is 25.8 Å². The van der Waals surface area contributed by atoms with Crippen LogP contribution < -0.4 is 5.32 Å². The fourth-order valence-electron chi connectivity index (χ4n) is 2.36. The molecule has 1 unspecified atom stereocenters. The first kappa shape index (κ1) is 13.5. The van der Waals surface area contributed by atoms with Gasteiger partial charge in [0.25, 0.3) is 0 Å². The van der Waals surface area contributed by atoms with E-state index in [9.17, 15) is 8.78 Å². The highest BCUT2D eigenvalue weighted by Crippen LogP contribution is 2.49. The fourth-order valence-corrected chi connectivity index (χ4v) is 2.36. The van der Waals surface area contributed by atoms with Gasteiger partial charge in [0, 0.05) is 11.6 Å². The second-order valence-electron chi connectivity index (χ2n) is 5.57. The molecular weight excluding hydrogens is 232 g/mol. The lowest BCUT2D eigenvalue weighted by Gasteiger charge is -2.25. The van der Waals surface area contributed by atoms with Crippen LogP contribution in [0.25, 0.3) is 0 Å². The number of benzene rings is 1. The predicted molar refractivity (Wildman–Crippen MR) is 69.5 cm³/mol. The summed E-state index contributed by atoms with van der Waals surface area (Å²) in [5.74, 6) is -0.856. The van der Waals surface area contributed by atoms with Crippen molar-refractivity contribution in [3.05, 3.63) is 35.4 Å². The molecule has 0 radical (unpaired) electrons. The predicted octanol–water partition coefficient (Wildman–Crippen LogP) is 3.68. The van der Waals surface area contributed by atoms with E-state index < -0.39 is 11.6 Å². The maximum absolute atomic E-state index is 13.7. The lowest BCUT2D eigenvalue weighted by molar-refractivity contribution is 0.346. The molecule has 3 heteroatoms. The van der Waals surface area contributed by atoms with Crippen LogP contribution >= 0.6 is 0 Å². The molecule has 0 amide bonds. The van der Waals surface area contributed by atoms with E-state index >= 15 is 0 Å². The van der Waals surface area contributed by atoms with Gasteiger partial charge in [-0.15, -0.1) is 0 Å². The minimum atomic E-state index is -0.428. The number of rotatable bonds is 6. The summed E-state index contributed by atoms with van der Waals surface area (Å²) < 4.78 is 27.3. The molecule has 0 saturated heterocycles. The van der Waals surface area contributed by atoms with Crippen LogP contribution in [0.5, 0.6) is 0 Å². The lowest BCUT2D eigenvalue weighted by atomic mass is 9.91. The van der Waals surface area contributed by atoms with Crippen molar-refractivity contribution < 1.29 is 8.78 Å². The molecule has 0 bridgehead atoms. The van der Waals surface area contributed by atoms with Gasteiger partial charge in [-0.2, -0.15) is 0 Å². The number of hydrogen-bond donors (Lipinski definition) is 1. The first-order chi connectivity index (χ1) is 8.57. The quantitative estimate of drug-likeness (QED) is 0.815. The molecule has 0 heterocycles. The monoisotopic (exact) mass is 253 g/mol. The highest BCUT2D eigenvalue weighted by Gasteiger charge is 2.44. The van der Waals surface area contributed by atoms with Crippen molar-refractivity contribution in [1.82, 2.24) is 5.32 Å². The van der Waals surface area contributed by atoms with Gasteiger partial charge in [-0.3, -0.25) is 0 Å². The first-order valence-electron chi connectivity index (χ1n) is 6.73. The Morgan fingerprint density at radius 1 is 1.28 bits per heavy atom. The average molecular weight is 253 g/mol. The molecule has 1 aliphatic carbocycles. The zero-order chi connectivity index (χ0) is 13.2. The number of hydrogen-bond acceptors (Lipinski definition) is 1. The minimum Gasteiger partial charge on any atom is -0.313 e. The van der Waals surface area contributed by atoms with Gasteiger partial charge < -0.3 is 5.32 Å². The Morgan fingerprint density at radius 3 is 2.39 bits per heavy atom. The summed E-state index contributed by atoms with van der Waals surface area (Å²) in [4.78, 5) is 0. The molecule has 1 atom stereocenters. The van der Waals surface area contributed by atoms with Gasteiger partial charge in [0.2, 0.25) is 0 Å². The van der Waals surface area contributed by atoms with E-state index in [2.05, 4.69) is 19.2 Å². The molecule has 1 N–H and O–H groups in total. The van der Waals surface area contributed by atoms with Crippen molar-refractivity contribution in [2.75, 3.05) is 6.54 Å². The van der Waals surface area contributed by atoms with Crippen molar-refractivity contribution in [2.24, 2.45) is 5.41 Å². The molecule has 0 spiro atoms. The SMILES string of the molecule is CCCNC(Cc1c(F)cccc1F)C1(C)CC1. The topological polar surface area (TPSA) is 12.0 Å². The van der Waals surface area contributed by atoms with Crippen LogP contribution in [0.3, 0.4) is 0 Å². The molecule has 1 saturated carbocycles. The average Bonchev–Trinajstić information content (AvgIpc) is 3.07. The van der Waals surface area contributed by atoms with Crippen LogP contribution in [0.4, 0.5) is 8.78 Å².